The molecule has 1 aromatic heterocycles. The zero-order valence-corrected chi connectivity index (χ0v) is 19.2. The van der Waals surface area contributed by atoms with Crippen molar-refractivity contribution in [3.05, 3.63) is 80.2 Å². The summed E-state index contributed by atoms with van der Waals surface area (Å²) in [5.74, 6) is -1.50. The second-order valence-electron chi connectivity index (χ2n) is 7.43. The van der Waals surface area contributed by atoms with Gasteiger partial charge in [0.15, 0.2) is 5.69 Å². The summed E-state index contributed by atoms with van der Waals surface area (Å²) in [4.78, 5) is 36.4. The van der Waals surface area contributed by atoms with Crippen LogP contribution in [0.1, 0.15) is 23.6 Å². The number of nitrogens with one attached hydrogen (secondary N) is 2. The largest absolute Gasteiger partial charge is 0.505 e. The highest BCUT2D eigenvalue weighted by Gasteiger charge is 2.21. The number of carbonyl (C=O) groups excluding carboxylic acids is 1. The molecule has 0 radical (unpaired) electrons. The Bertz CT molecular complexity index is 1290. The molecule has 0 aliphatic heterocycles. The van der Waals surface area contributed by atoms with E-state index < -0.39 is 30.0 Å². The molecule has 0 spiro atoms. The maximum atomic E-state index is 12.6. The fourth-order valence-electron chi connectivity index (χ4n) is 3.38. The first-order valence-corrected chi connectivity index (χ1v) is 10.6. The van der Waals surface area contributed by atoms with Crippen LogP contribution < -0.4 is 16.2 Å². The number of benzene rings is 2. The first-order valence-electron chi connectivity index (χ1n) is 9.81. The Kier molecular flexibility index (Phi) is 7.30. The van der Waals surface area contributed by atoms with Gasteiger partial charge in [-0.15, -0.1) is 0 Å². The van der Waals surface area contributed by atoms with Gasteiger partial charge in [-0.1, -0.05) is 53.5 Å². The Hall–Kier alpha value is -3.49. The minimum atomic E-state index is -1.14. The average Bonchev–Trinajstić information content (AvgIpc) is 2.76. The highest BCUT2D eigenvalue weighted by atomic mass is 35.5. The molecule has 0 saturated heterocycles. The molecule has 0 saturated carbocycles. The lowest BCUT2D eigenvalue weighted by Crippen LogP contribution is -2.36. The molecule has 0 fully saturated rings. The highest BCUT2D eigenvalue weighted by Crippen LogP contribution is 2.34. The maximum Gasteiger partial charge on any atom is 0.319 e. The van der Waals surface area contributed by atoms with Crippen molar-refractivity contribution in [3.63, 3.8) is 0 Å². The number of carboxylic acids is 1. The monoisotopic (exact) mass is 489 g/mol. The standard InChI is InChI=1S/C23H21Cl2N3O5/c1-12-11-28(2)22(32)20(21(12)31)27-23(33)26-17(10-18(29)30)14-6-3-5-13(9-14)15-7-4-8-16(24)19(15)25/h3-9,11,17,31H,10H2,1-2H3,(H,29,30)(H2,26,27,33). The number of pyridine rings is 1. The molecular formula is C23H21Cl2N3O5. The molecule has 3 aromatic rings. The number of aliphatic carboxylic acids is 1. The van der Waals surface area contributed by atoms with E-state index in [1.54, 1.807) is 49.4 Å². The number of amides is 2. The van der Waals surface area contributed by atoms with Crippen molar-refractivity contribution in [2.45, 2.75) is 19.4 Å². The van der Waals surface area contributed by atoms with Gasteiger partial charge in [0.05, 0.1) is 22.5 Å². The molecule has 0 aliphatic carbocycles. The number of rotatable bonds is 6. The molecule has 33 heavy (non-hydrogen) atoms. The van der Waals surface area contributed by atoms with Gasteiger partial charge in [-0.2, -0.15) is 0 Å². The lowest BCUT2D eigenvalue weighted by Gasteiger charge is -2.19. The Morgan fingerprint density at radius 3 is 2.55 bits per heavy atom. The van der Waals surface area contributed by atoms with Crippen molar-refractivity contribution < 1.29 is 19.8 Å². The van der Waals surface area contributed by atoms with Gasteiger partial charge in [0, 0.05) is 24.4 Å². The number of nitrogens with zero attached hydrogens (tertiary/aromatic N) is 1. The molecule has 1 heterocycles. The van der Waals surface area contributed by atoms with Crippen molar-refractivity contribution in [1.82, 2.24) is 9.88 Å². The third-order valence-corrected chi connectivity index (χ3v) is 5.82. The van der Waals surface area contributed by atoms with Crippen molar-refractivity contribution >= 4 is 40.9 Å². The minimum absolute atomic E-state index is 0.302. The minimum Gasteiger partial charge on any atom is -0.505 e. The number of carbonyl (C=O) groups is 2. The van der Waals surface area contributed by atoms with Gasteiger partial charge in [-0.05, 0) is 30.2 Å². The van der Waals surface area contributed by atoms with Crippen molar-refractivity contribution in [2.24, 2.45) is 7.05 Å². The van der Waals surface area contributed by atoms with Gasteiger partial charge in [0.25, 0.3) is 5.56 Å². The molecule has 3 rings (SSSR count). The SMILES string of the molecule is Cc1cn(C)c(=O)c(NC(=O)NC(CC(=O)O)c2cccc(-c3cccc(Cl)c3Cl)c2)c1O. The van der Waals surface area contributed by atoms with E-state index in [4.69, 9.17) is 23.2 Å². The summed E-state index contributed by atoms with van der Waals surface area (Å²) in [5.41, 5.74) is 1.31. The Morgan fingerprint density at radius 2 is 1.85 bits per heavy atom. The number of carboxylic acid groups (broad SMARTS) is 1. The van der Waals surface area contributed by atoms with Crippen LogP contribution in [-0.4, -0.2) is 26.8 Å². The fourth-order valence-corrected chi connectivity index (χ4v) is 3.79. The van der Waals surface area contributed by atoms with E-state index in [1.165, 1.54) is 17.8 Å². The summed E-state index contributed by atoms with van der Waals surface area (Å²) in [6.07, 6.45) is 1.01. The Morgan fingerprint density at radius 1 is 1.15 bits per heavy atom. The van der Waals surface area contributed by atoms with Gasteiger partial charge in [-0.3, -0.25) is 9.59 Å². The second-order valence-corrected chi connectivity index (χ2v) is 8.21. The van der Waals surface area contributed by atoms with Crippen molar-refractivity contribution in [3.8, 4) is 16.9 Å². The summed E-state index contributed by atoms with van der Waals surface area (Å²) >= 11 is 12.4. The van der Waals surface area contributed by atoms with Crippen LogP contribution in [0.3, 0.4) is 0 Å². The van der Waals surface area contributed by atoms with Gasteiger partial charge in [0.2, 0.25) is 0 Å². The lowest BCUT2D eigenvalue weighted by molar-refractivity contribution is -0.137. The van der Waals surface area contributed by atoms with Crippen LogP contribution in [0.4, 0.5) is 10.5 Å². The molecule has 0 bridgehead atoms. The maximum absolute atomic E-state index is 12.6. The Labute approximate surface area is 199 Å². The molecular weight excluding hydrogens is 469 g/mol. The summed E-state index contributed by atoms with van der Waals surface area (Å²) in [6, 6.07) is 10.3. The smallest absolute Gasteiger partial charge is 0.319 e. The summed E-state index contributed by atoms with van der Waals surface area (Å²) in [7, 11) is 1.48. The van der Waals surface area contributed by atoms with Crippen LogP contribution >= 0.6 is 23.2 Å². The number of aromatic nitrogens is 1. The number of anilines is 1. The van der Waals surface area contributed by atoms with E-state index in [9.17, 15) is 24.6 Å². The van der Waals surface area contributed by atoms with Gasteiger partial charge in [0.1, 0.15) is 5.75 Å². The number of hydrogen-bond donors (Lipinski definition) is 4. The molecule has 1 atom stereocenters. The zero-order chi connectivity index (χ0) is 24.3. The molecule has 8 nitrogen and oxygen atoms in total. The van der Waals surface area contributed by atoms with Crippen molar-refractivity contribution in [1.29, 1.82) is 0 Å². The van der Waals surface area contributed by atoms with E-state index >= 15 is 0 Å². The van der Waals surface area contributed by atoms with E-state index in [1.807, 2.05) is 0 Å². The lowest BCUT2D eigenvalue weighted by atomic mass is 9.98. The normalized spacial score (nSPS) is 11.6. The predicted octanol–water partition coefficient (Wildman–Crippen LogP) is 4.71. The van der Waals surface area contributed by atoms with Gasteiger partial charge < -0.3 is 25.4 Å². The highest BCUT2D eigenvalue weighted by molar-refractivity contribution is 6.43. The van der Waals surface area contributed by atoms with Gasteiger partial charge >= 0.3 is 12.0 Å². The summed E-state index contributed by atoms with van der Waals surface area (Å²) < 4.78 is 1.22. The summed E-state index contributed by atoms with van der Waals surface area (Å²) in [5, 5.41) is 25.2. The molecule has 1 unspecified atom stereocenters. The number of aryl methyl sites for hydroxylation is 2. The van der Waals surface area contributed by atoms with E-state index in [0.29, 0.717) is 32.3 Å². The topological polar surface area (TPSA) is 121 Å². The first kappa shape index (κ1) is 24.2. The number of urea groups is 1. The predicted molar refractivity (Wildman–Crippen MR) is 127 cm³/mol. The van der Waals surface area contributed by atoms with Crippen LogP contribution in [0.5, 0.6) is 5.75 Å². The van der Waals surface area contributed by atoms with Crippen LogP contribution in [-0.2, 0) is 11.8 Å². The van der Waals surface area contributed by atoms with Crippen LogP contribution in [0.2, 0.25) is 10.0 Å². The molecule has 2 amide bonds. The van der Waals surface area contributed by atoms with Crippen LogP contribution in [0.15, 0.2) is 53.5 Å². The number of hydrogen-bond acceptors (Lipinski definition) is 4. The number of aromatic hydroxyl groups is 1. The fraction of sp³-hybridized carbons (Fsp3) is 0.174. The van der Waals surface area contributed by atoms with Crippen molar-refractivity contribution in [2.75, 3.05) is 5.32 Å². The zero-order valence-electron chi connectivity index (χ0n) is 17.7. The van der Waals surface area contributed by atoms with E-state index in [2.05, 4.69) is 10.6 Å². The molecule has 10 heteroatoms. The van der Waals surface area contributed by atoms with E-state index in [-0.39, 0.29) is 11.4 Å². The van der Waals surface area contributed by atoms with E-state index in [0.717, 1.165) is 0 Å². The quantitative estimate of drug-likeness (QED) is 0.399. The van der Waals surface area contributed by atoms with Gasteiger partial charge in [-0.25, -0.2) is 4.79 Å². The number of halogens is 2. The third kappa shape index (κ3) is 5.47. The Balaban J connectivity index is 1.91. The molecule has 0 aliphatic rings. The molecule has 4 N–H and O–H groups in total. The van der Waals surface area contributed by atoms with Crippen LogP contribution in [0.25, 0.3) is 11.1 Å². The van der Waals surface area contributed by atoms with Crippen LogP contribution in [0, 0.1) is 6.92 Å². The molecule has 172 valence electrons. The molecule has 2 aromatic carbocycles. The second kappa shape index (κ2) is 9.97. The third-order valence-electron chi connectivity index (χ3n) is 5.01. The summed E-state index contributed by atoms with van der Waals surface area (Å²) in [6.45, 7) is 1.58. The average molecular weight is 490 g/mol. The first-order chi connectivity index (χ1) is 15.6.